The zero-order valence-electron chi connectivity index (χ0n) is 9.56. The van der Waals surface area contributed by atoms with Gasteiger partial charge in [-0.05, 0) is 5.92 Å². The monoisotopic (exact) mass is 208 g/mol. The van der Waals surface area contributed by atoms with Crippen LogP contribution in [0.2, 0.25) is 0 Å². The molecule has 1 aliphatic rings. The van der Waals surface area contributed by atoms with Crippen molar-refractivity contribution in [3.8, 4) is 6.07 Å². The van der Waals surface area contributed by atoms with Crippen molar-refractivity contribution in [2.24, 2.45) is 22.1 Å². The summed E-state index contributed by atoms with van der Waals surface area (Å²) in [5.74, 6) is -0.920. The molecule has 0 aromatic rings. The zero-order valence-corrected chi connectivity index (χ0v) is 9.56. The highest BCUT2D eigenvalue weighted by Gasteiger charge is 2.51. The van der Waals surface area contributed by atoms with Crippen molar-refractivity contribution in [3.05, 3.63) is 0 Å². The van der Waals surface area contributed by atoms with Crippen LogP contribution >= 0.6 is 0 Å². The first kappa shape index (κ1) is 11.6. The molecule has 0 fully saturated rings. The molecule has 0 aromatic heterocycles. The van der Waals surface area contributed by atoms with Crippen LogP contribution in [0.15, 0.2) is 10.2 Å². The normalized spacial score (nSPS) is 16.6. The highest BCUT2D eigenvalue weighted by atomic mass is 16.2. The quantitative estimate of drug-likeness (QED) is 0.660. The SMILES string of the molecule is CC(C)CN(C(=O)C#N)C1(C(C)C)N=N1. The second kappa shape index (κ2) is 3.97. The maximum Gasteiger partial charge on any atom is 0.328 e. The summed E-state index contributed by atoms with van der Waals surface area (Å²) in [5.41, 5.74) is 0. The molecule has 0 unspecified atom stereocenters. The Morgan fingerprint density at radius 1 is 1.40 bits per heavy atom. The number of nitrogens with zero attached hydrogens (tertiary/aromatic N) is 4. The lowest BCUT2D eigenvalue weighted by molar-refractivity contribution is -0.130. The lowest BCUT2D eigenvalue weighted by Crippen LogP contribution is -2.47. The highest BCUT2D eigenvalue weighted by Crippen LogP contribution is 2.39. The van der Waals surface area contributed by atoms with Crippen LogP contribution in [0.25, 0.3) is 0 Å². The molecule has 1 heterocycles. The number of carbonyl (C=O) groups excluding carboxylic acids is 1. The van der Waals surface area contributed by atoms with E-state index < -0.39 is 11.7 Å². The first-order chi connectivity index (χ1) is 6.94. The van der Waals surface area contributed by atoms with Gasteiger partial charge in [0.05, 0.1) is 0 Å². The van der Waals surface area contributed by atoms with Crippen LogP contribution in [-0.2, 0) is 4.79 Å². The van der Waals surface area contributed by atoms with Gasteiger partial charge in [0.25, 0.3) is 5.79 Å². The maximum atomic E-state index is 11.5. The molecule has 0 N–H and O–H groups in total. The predicted octanol–water partition coefficient (Wildman–Crippen LogP) is 1.77. The van der Waals surface area contributed by atoms with E-state index in [0.717, 1.165) is 0 Å². The van der Waals surface area contributed by atoms with E-state index in [9.17, 15) is 4.79 Å². The third-order valence-electron chi connectivity index (χ3n) is 2.37. The van der Waals surface area contributed by atoms with Crippen molar-refractivity contribution in [1.29, 1.82) is 5.26 Å². The number of amides is 1. The topological polar surface area (TPSA) is 68.8 Å². The molecule has 0 radical (unpaired) electrons. The largest absolute Gasteiger partial charge is 0.328 e. The summed E-state index contributed by atoms with van der Waals surface area (Å²) in [6, 6.07) is 1.64. The Labute approximate surface area is 89.8 Å². The fourth-order valence-electron chi connectivity index (χ4n) is 1.49. The average molecular weight is 208 g/mol. The molecule has 0 saturated carbocycles. The van der Waals surface area contributed by atoms with E-state index in [-0.39, 0.29) is 5.92 Å². The van der Waals surface area contributed by atoms with Gasteiger partial charge in [-0.15, -0.1) is 10.2 Å². The molecule has 1 rings (SSSR count). The smallest absolute Gasteiger partial charge is 0.284 e. The van der Waals surface area contributed by atoms with Gasteiger partial charge in [-0.1, -0.05) is 27.7 Å². The second-order valence-electron chi connectivity index (χ2n) is 4.46. The van der Waals surface area contributed by atoms with Gasteiger partial charge in [-0.2, -0.15) is 5.26 Å². The van der Waals surface area contributed by atoms with Gasteiger partial charge in [0.1, 0.15) is 0 Å². The van der Waals surface area contributed by atoms with Crippen LogP contribution in [0, 0.1) is 23.2 Å². The molecule has 5 nitrogen and oxygen atoms in total. The Bertz CT molecular complexity index is 321. The van der Waals surface area contributed by atoms with Gasteiger partial charge >= 0.3 is 5.91 Å². The number of carbonyl (C=O) groups is 1. The molecule has 0 aromatic carbocycles. The molecule has 82 valence electrons. The average Bonchev–Trinajstić information content (AvgIpc) is 2.93. The Morgan fingerprint density at radius 2 is 1.93 bits per heavy atom. The minimum absolute atomic E-state index is 0.105. The van der Waals surface area contributed by atoms with Crippen molar-refractivity contribution in [3.63, 3.8) is 0 Å². The Hall–Kier alpha value is -1.44. The lowest BCUT2D eigenvalue weighted by atomic mass is 10.0. The maximum absolute atomic E-state index is 11.5. The van der Waals surface area contributed by atoms with Gasteiger partial charge in [0.15, 0.2) is 6.07 Å². The fraction of sp³-hybridized carbons (Fsp3) is 0.800. The molecule has 0 saturated heterocycles. The minimum atomic E-state index is -0.767. The number of nitriles is 1. The van der Waals surface area contributed by atoms with Crippen molar-refractivity contribution in [2.45, 2.75) is 33.5 Å². The van der Waals surface area contributed by atoms with Gasteiger partial charge in [-0.3, -0.25) is 9.69 Å². The summed E-state index contributed by atoms with van der Waals surface area (Å²) in [5, 5.41) is 16.5. The Morgan fingerprint density at radius 3 is 2.20 bits per heavy atom. The van der Waals surface area contributed by atoms with E-state index in [1.54, 1.807) is 6.07 Å². The Balaban J connectivity index is 2.83. The van der Waals surface area contributed by atoms with E-state index in [1.807, 2.05) is 27.7 Å². The first-order valence-corrected chi connectivity index (χ1v) is 5.09. The van der Waals surface area contributed by atoms with Crippen LogP contribution in [0.4, 0.5) is 0 Å². The molecule has 0 atom stereocenters. The van der Waals surface area contributed by atoms with Gasteiger partial charge < -0.3 is 0 Å². The number of rotatable bonds is 4. The van der Waals surface area contributed by atoms with Gasteiger partial charge in [0, 0.05) is 12.5 Å². The Kier molecular flexibility index (Phi) is 3.08. The molecule has 0 spiro atoms. The van der Waals surface area contributed by atoms with Crippen molar-refractivity contribution >= 4 is 5.91 Å². The van der Waals surface area contributed by atoms with Gasteiger partial charge in [-0.25, -0.2) is 0 Å². The zero-order chi connectivity index (χ0) is 11.6. The number of hydrogen-bond acceptors (Lipinski definition) is 4. The lowest BCUT2D eigenvalue weighted by Gasteiger charge is -2.29. The van der Waals surface area contributed by atoms with E-state index >= 15 is 0 Å². The van der Waals surface area contributed by atoms with Crippen molar-refractivity contribution in [2.75, 3.05) is 6.54 Å². The van der Waals surface area contributed by atoms with Crippen molar-refractivity contribution in [1.82, 2.24) is 4.90 Å². The molecule has 0 aliphatic carbocycles. The summed E-state index contributed by atoms with van der Waals surface area (Å²) in [4.78, 5) is 12.9. The van der Waals surface area contributed by atoms with E-state index in [4.69, 9.17) is 5.26 Å². The van der Waals surface area contributed by atoms with E-state index in [1.165, 1.54) is 4.90 Å². The van der Waals surface area contributed by atoms with Crippen LogP contribution in [0.3, 0.4) is 0 Å². The highest BCUT2D eigenvalue weighted by molar-refractivity contribution is 5.92. The van der Waals surface area contributed by atoms with Crippen LogP contribution in [0.5, 0.6) is 0 Å². The van der Waals surface area contributed by atoms with E-state index in [0.29, 0.717) is 12.5 Å². The molecular weight excluding hydrogens is 192 g/mol. The summed E-state index contributed by atoms with van der Waals surface area (Å²) >= 11 is 0. The first-order valence-electron chi connectivity index (χ1n) is 5.09. The molecule has 1 aliphatic heterocycles. The van der Waals surface area contributed by atoms with Gasteiger partial charge in [0.2, 0.25) is 0 Å². The molecule has 15 heavy (non-hydrogen) atoms. The molecule has 0 bridgehead atoms. The van der Waals surface area contributed by atoms with Crippen LogP contribution in [-0.4, -0.2) is 23.1 Å². The summed E-state index contributed by atoms with van der Waals surface area (Å²) in [7, 11) is 0. The predicted molar refractivity (Wildman–Crippen MR) is 54.6 cm³/mol. The van der Waals surface area contributed by atoms with Crippen molar-refractivity contribution < 1.29 is 4.79 Å². The molecule has 5 heteroatoms. The third-order valence-corrected chi connectivity index (χ3v) is 2.37. The van der Waals surface area contributed by atoms with Crippen LogP contribution in [0.1, 0.15) is 27.7 Å². The second-order valence-corrected chi connectivity index (χ2v) is 4.46. The summed E-state index contributed by atoms with van der Waals surface area (Å²) in [6.45, 7) is 8.38. The van der Waals surface area contributed by atoms with E-state index in [2.05, 4.69) is 10.2 Å². The minimum Gasteiger partial charge on any atom is -0.284 e. The summed E-state index contributed by atoms with van der Waals surface area (Å²) < 4.78 is 0. The molecule has 1 amide bonds. The van der Waals surface area contributed by atoms with Crippen LogP contribution < -0.4 is 0 Å². The number of hydrogen-bond donors (Lipinski definition) is 0. The summed E-state index contributed by atoms with van der Waals surface area (Å²) in [6.07, 6.45) is 0. The molecular formula is C10H16N4O. The fourth-order valence-corrected chi connectivity index (χ4v) is 1.49. The standard InChI is InChI=1S/C10H16N4O/c1-7(2)6-14(9(15)5-11)10(8(3)4)12-13-10/h7-8H,6H2,1-4H3. The third kappa shape index (κ3) is 2.14.